The van der Waals surface area contributed by atoms with E-state index in [0.717, 1.165) is 41.0 Å². The van der Waals surface area contributed by atoms with Crippen molar-refractivity contribution in [2.75, 3.05) is 5.32 Å². The van der Waals surface area contributed by atoms with Crippen LogP contribution in [0.5, 0.6) is 0 Å². The molecule has 11 heteroatoms. The lowest BCUT2D eigenvalue weighted by Crippen LogP contribution is -2.06. The molecule has 1 N–H and O–H groups in total. The summed E-state index contributed by atoms with van der Waals surface area (Å²) in [4.78, 5) is 13.7. The van der Waals surface area contributed by atoms with Crippen molar-refractivity contribution in [2.45, 2.75) is 45.6 Å². The summed E-state index contributed by atoms with van der Waals surface area (Å²) in [6, 6.07) is 2.61. The Bertz CT molecular complexity index is 1470. The first kappa shape index (κ1) is 19.6. The fourth-order valence-corrected chi connectivity index (χ4v) is 3.92. The van der Waals surface area contributed by atoms with Gasteiger partial charge < -0.3 is 9.09 Å². The smallest absolute Gasteiger partial charge is 0.327 e. The monoisotopic (exact) mass is 444 g/mol. The number of fused-ring (bicyclic) bond motifs is 1. The van der Waals surface area contributed by atoms with Gasteiger partial charge in [0, 0.05) is 49.4 Å². The van der Waals surface area contributed by atoms with Crippen LogP contribution in [0.4, 0.5) is 11.8 Å². The van der Waals surface area contributed by atoms with E-state index in [1.807, 2.05) is 52.4 Å². The molecule has 0 spiro atoms. The Morgan fingerprint density at radius 2 is 2.00 bits per heavy atom. The highest BCUT2D eigenvalue weighted by atomic mass is 16.5. The minimum absolute atomic E-state index is 0.279. The van der Waals surface area contributed by atoms with E-state index in [1.165, 1.54) is 0 Å². The van der Waals surface area contributed by atoms with E-state index in [0.29, 0.717) is 29.4 Å². The molecule has 0 unspecified atom stereocenters. The van der Waals surface area contributed by atoms with Gasteiger partial charge in [0.25, 0.3) is 0 Å². The summed E-state index contributed by atoms with van der Waals surface area (Å²) in [6.07, 6.45) is 9.75. The lowest BCUT2D eigenvalue weighted by atomic mass is 10.1. The van der Waals surface area contributed by atoms with Gasteiger partial charge >= 0.3 is 6.01 Å². The number of aromatic nitrogens is 9. The van der Waals surface area contributed by atoms with Crippen molar-refractivity contribution < 1.29 is 4.52 Å². The molecule has 33 heavy (non-hydrogen) atoms. The van der Waals surface area contributed by atoms with Gasteiger partial charge in [-0.1, -0.05) is 5.16 Å². The number of aryl methyl sites for hydroxylation is 2. The second kappa shape index (κ2) is 7.26. The van der Waals surface area contributed by atoms with Gasteiger partial charge in [0.2, 0.25) is 5.82 Å². The zero-order valence-corrected chi connectivity index (χ0v) is 18.9. The van der Waals surface area contributed by atoms with E-state index in [-0.39, 0.29) is 6.04 Å². The average molecular weight is 445 g/mol. The van der Waals surface area contributed by atoms with Crippen molar-refractivity contribution in [3.05, 3.63) is 42.2 Å². The third-order valence-electron chi connectivity index (χ3n) is 5.93. The number of imidazole rings is 1. The lowest BCUT2D eigenvalue weighted by molar-refractivity contribution is 0.425. The molecule has 5 aromatic heterocycles. The second-order valence-corrected chi connectivity index (χ2v) is 8.74. The van der Waals surface area contributed by atoms with Crippen LogP contribution in [0, 0.1) is 6.92 Å². The van der Waals surface area contributed by atoms with Gasteiger partial charge in [-0.3, -0.25) is 10.00 Å². The number of nitrogens with zero attached hydrogens (tertiary/aromatic N) is 9. The lowest BCUT2D eigenvalue weighted by Gasteiger charge is -2.08. The molecule has 168 valence electrons. The summed E-state index contributed by atoms with van der Waals surface area (Å²) in [5.41, 5.74) is 3.67. The average Bonchev–Trinajstić information content (AvgIpc) is 3.16. The molecular weight excluding hydrogens is 420 g/mol. The Balaban J connectivity index is 1.50. The molecule has 11 nitrogen and oxygen atoms in total. The Morgan fingerprint density at radius 3 is 2.70 bits per heavy atom. The maximum atomic E-state index is 5.46. The van der Waals surface area contributed by atoms with E-state index in [4.69, 9.17) is 19.7 Å². The summed E-state index contributed by atoms with van der Waals surface area (Å²) in [5.74, 6) is 2.84. The highest BCUT2D eigenvalue weighted by Crippen LogP contribution is 2.39. The van der Waals surface area contributed by atoms with E-state index >= 15 is 0 Å². The summed E-state index contributed by atoms with van der Waals surface area (Å²) in [5, 5.41) is 16.8. The Labute approximate surface area is 189 Å². The predicted octanol–water partition coefficient (Wildman–Crippen LogP) is 3.89. The maximum absolute atomic E-state index is 5.46. The van der Waals surface area contributed by atoms with Crippen LogP contribution >= 0.6 is 0 Å². The van der Waals surface area contributed by atoms with Gasteiger partial charge in [0.15, 0.2) is 17.5 Å². The Hall–Kier alpha value is -4.02. The first-order valence-electron chi connectivity index (χ1n) is 11.0. The predicted molar refractivity (Wildman–Crippen MR) is 121 cm³/mol. The highest BCUT2D eigenvalue weighted by molar-refractivity contribution is 5.83. The van der Waals surface area contributed by atoms with Crippen LogP contribution in [0.3, 0.4) is 0 Å². The van der Waals surface area contributed by atoms with Crippen LogP contribution in [0.25, 0.3) is 28.4 Å². The van der Waals surface area contributed by atoms with Crippen LogP contribution in [-0.4, -0.2) is 44.1 Å². The molecule has 1 saturated carbocycles. The van der Waals surface area contributed by atoms with Gasteiger partial charge in [-0.15, -0.1) is 5.10 Å². The second-order valence-electron chi connectivity index (χ2n) is 8.74. The molecule has 0 radical (unpaired) electrons. The summed E-state index contributed by atoms with van der Waals surface area (Å²) in [6.45, 7) is 6.25. The van der Waals surface area contributed by atoms with Crippen LogP contribution < -0.4 is 5.32 Å². The van der Waals surface area contributed by atoms with Crippen molar-refractivity contribution >= 4 is 17.3 Å². The van der Waals surface area contributed by atoms with Crippen molar-refractivity contribution in [1.82, 2.24) is 44.1 Å². The fraction of sp³-hybridized carbons (Fsp3) is 0.364. The molecule has 0 aromatic carbocycles. The molecule has 0 aliphatic heterocycles. The summed E-state index contributed by atoms with van der Waals surface area (Å²) in [7, 11) is 1.91. The third-order valence-corrected chi connectivity index (χ3v) is 5.93. The quantitative estimate of drug-likeness (QED) is 0.419. The van der Waals surface area contributed by atoms with Gasteiger partial charge in [0.05, 0.1) is 5.69 Å². The number of hydrogen-bond acceptors (Lipinski definition) is 8. The largest absolute Gasteiger partial charge is 0.331 e. The molecule has 6 rings (SSSR count). The number of nitrogens with one attached hydrogen (secondary N) is 1. The zero-order chi connectivity index (χ0) is 22.7. The highest BCUT2D eigenvalue weighted by Gasteiger charge is 2.29. The van der Waals surface area contributed by atoms with Gasteiger partial charge in [0.1, 0.15) is 5.52 Å². The minimum atomic E-state index is 0.279. The summed E-state index contributed by atoms with van der Waals surface area (Å²) >= 11 is 0. The van der Waals surface area contributed by atoms with Crippen molar-refractivity contribution in [3.63, 3.8) is 0 Å². The van der Waals surface area contributed by atoms with E-state index in [2.05, 4.69) is 34.3 Å². The number of rotatable bonds is 6. The zero-order valence-electron chi connectivity index (χ0n) is 18.9. The van der Waals surface area contributed by atoms with Crippen LogP contribution in [0.15, 0.2) is 35.4 Å². The van der Waals surface area contributed by atoms with Crippen LogP contribution in [-0.2, 0) is 7.05 Å². The molecule has 5 heterocycles. The first-order valence-corrected chi connectivity index (χ1v) is 11.0. The molecule has 0 bridgehead atoms. The minimum Gasteiger partial charge on any atom is -0.331 e. The molecule has 1 fully saturated rings. The van der Waals surface area contributed by atoms with Gasteiger partial charge in [-0.05, 0) is 45.2 Å². The third kappa shape index (κ3) is 3.36. The molecule has 0 amide bonds. The molecule has 1 aliphatic carbocycles. The van der Waals surface area contributed by atoms with E-state index in [1.54, 1.807) is 6.20 Å². The SMILES string of the molecule is Cc1c(-c2ccn(C(C)C)n2)cn2nc(-c3nccn3C)nc(Nc3nc(C4CC4)no3)c12. The van der Waals surface area contributed by atoms with Crippen molar-refractivity contribution in [2.24, 2.45) is 7.05 Å². The number of anilines is 2. The van der Waals surface area contributed by atoms with Gasteiger partial charge in [-0.25, -0.2) is 14.5 Å². The molecule has 1 aliphatic rings. The standard InChI is InChI=1S/C22H24N10O/c1-12(2)31-9-7-16(27-31)15-11-32-17(13(15)3)19(24-20(28-32)21-23-8-10-30(21)4)26-22-25-18(29-33-22)14-5-6-14/h7-12,14H,5-6H2,1-4H3,(H,24,25,26,28,29). The fourth-order valence-electron chi connectivity index (χ4n) is 3.92. The molecular formula is C22H24N10O. The normalized spacial score (nSPS) is 14.0. The maximum Gasteiger partial charge on any atom is 0.327 e. The topological polar surface area (TPSA) is 117 Å². The Kier molecular flexibility index (Phi) is 4.32. The van der Waals surface area contributed by atoms with Crippen LogP contribution in [0.2, 0.25) is 0 Å². The van der Waals surface area contributed by atoms with Gasteiger partial charge in [-0.2, -0.15) is 10.1 Å². The molecule has 0 atom stereocenters. The van der Waals surface area contributed by atoms with Crippen molar-refractivity contribution in [1.29, 1.82) is 0 Å². The molecule has 0 saturated heterocycles. The first-order chi connectivity index (χ1) is 16.0. The Morgan fingerprint density at radius 1 is 1.15 bits per heavy atom. The van der Waals surface area contributed by atoms with Crippen LogP contribution in [0.1, 0.15) is 50.0 Å². The van der Waals surface area contributed by atoms with E-state index in [9.17, 15) is 0 Å². The van der Waals surface area contributed by atoms with E-state index < -0.39 is 0 Å². The summed E-state index contributed by atoms with van der Waals surface area (Å²) < 4.78 is 11.1. The molecule has 5 aromatic rings. The number of hydrogen-bond donors (Lipinski definition) is 1. The van der Waals surface area contributed by atoms with Crippen molar-refractivity contribution in [3.8, 4) is 22.9 Å².